The van der Waals surface area contributed by atoms with E-state index < -0.39 is 17.7 Å². The van der Waals surface area contributed by atoms with Gasteiger partial charge in [0.05, 0.1) is 13.5 Å². The van der Waals surface area contributed by atoms with Gasteiger partial charge in [-0.3, -0.25) is 9.59 Å². The van der Waals surface area contributed by atoms with Crippen LogP contribution in [0, 0.1) is 18.7 Å². The van der Waals surface area contributed by atoms with E-state index in [-0.39, 0.29) is 12.2 Å². The van der Waals surface area contributed by atoms with Gasteiger partial charge in [-0.1, -0.05) is 13.0 Å². The molecule has 0 radical (unpaired) electrons. The molecule has 4 heteroatoms. The minimum atomic E-state index is -0.511. The molecule has 0 aliphatic rings. The first-order valence-corrected chi connectivity index (χ1v) is 5.33. The van der Waals surface area contributed by atoms with Crippen molar-refractivity contribution in [3.05, 3.63) is 35.1 Å². The second-order valence-electron chi connectivity index (χ2n) is 4.00. The van der Waals surface area contributed by atoms with E-state index >= 15 is 0 Å². The minimum absolute atomic E-state index is 0.00524. The number of methoxy groups -OCH3 is 1. The van der Waals surface area contributed by atoms with Gasteiger partial charge in [-0.2, -0.15) is 0 Å². The fourth-order valence-electron chi connectivity index (χ4n) is 1.55. The zero-order valence-corrected chi connectivity index (χ0v) is 10.1. The summed E-state index contributed by atoms with van der Waals surface area (Å²) in [7, 11) is 1.27. The molecular formula is C13H15FO3. The average Bonchev–Trinajstić information content (AvgIpc) is 2.31. The highest BCUT2D eigenvalue weighted by Gasteiger charge is 2.20. The monoisotopic (exact) mass is 238 g/mol. The predicted octanol–water partition coefficient (Wildman–Crippen LogP) is 2.52. The van der Waals surface area contributed by atoms with E-state index in [1.807, 2.05) is 0 Å². The van der Waals surface area contributed by atoms with Crippen molar-refractivity contribution in [1.29, 1.82) is 0 Å². The fourth-order valence-corrected chi connectivity index (χ4v) is 1.55. The van der Waals surface area contributed by atoms with Gasteiger partial charge in [-0.25, -0.2) is 4.39 Å². The molecule has 0 N–H and O–H groups in total. The fraction of sp³-hybridized carbons (Fsp3) is 0.385. The molecule has 1 rings (SSSR count). The topological polar surface area (TPSA) is 43.4 Å². The maximum absolute atomic E-state index is 13.1. The van der Waals surface area contributed by atoms with Crippen molar-refractivity contribution in [2.45, 2.75) is 20.3 Å². The summed E-state index contributed by atoms with van der Waals surface area (Å²) in [6.45, 7) is 3.36. The number of hydrogen-bond acceptors (Lipinski definition) is 3. The lowest BCUT2D eigenvalue weighted by Crippen LogP contribution is -2.17. The molecule has 0 aliphatic heterocycles. The van der Waals surface area contributed by atoms with Crippen LogP contribution in [0.25, 0.3) is 0 Å². The Morgan fingerprint density at radius 1 is 1.41 bits per heavy atom. The van der Waals surface area contributed by atoms with Crippen LogP contribution in [0.2, 0.25) is 0 Å². The zero-order chi connectivity index (χ0) is 13.0. The van der Waals surface area contributed by atoms with Crippen molar-refractivity contribution in [3.8, 4) is 0 Å². The van der Waals surface area contributed by atoms with Crippen molar-refractivity contribution < 1.29 is 18.7 Å². The van der Waals surface area contributed by atoms with E-state index in [0.29, 0.717) is 11.1 Å². The van der Waals surface area contributed by atoms with Crippen LogP contribution in [0.5, 0.6) is 0 Å². The summed E-state index contributed by atoms with van der Waals surface area (Å²) in [6.07, 6.45) is 0.00524. The zero-order valence-electron chi connectivity index (χ0n) is 10.1. The Morgan fingerprint density at radius 3 is 2.65 bits per heavy atom. The molecule has 17 heavy (non-hydrogen) atoms. The molecule has 3 nitrogen and oxygen atoms in total. The normalized spacial score (nSPS) is 12.0. The van der Waals surface area contributed by atoms with Gasteiger partial charge in [0.15, 0.2) is 5.78 Å². The number of halogens is 1. The lowest BCUT2D eigenvalue weighted by molar-refractivity contribution is -0.141. The SMILES string of the molecule is COC(=O)CC(C)C(=O)c1cc(F)ccc1C. The third-order valence-corrected chi connectivity index (χ3v) is 2.61. The van der Waals surface area contributed by atoms with Crippen LogP contribution in [0.15, 0.2) is 18.2 Å². The van der Waals surface area contributed by atoms with Crippen LogP contribution in [0.3, 0.4) is 0 Å². The third-order valence-electron chi connectivity index (χ3n) is 2.61. The summed E-state index contributed by atoms with van der Waals surface area (Å²) < 4.78 is 17.6. The highest BCUT2D eigenvalue weighted by molar-refractivity contribution is 6.00. The van der Waals surface area contributed by atoms with E-state index in [1.54, 1.807) is 19.9 Å². The van der Waals surface area contributed by atoms with Crippen molar-refractivity contribution in [2.75, 3.05) is 7.11 Å². The highest BCUT2D eigenvalue weighted by atomic mass is 19.1. The van der Waals surface area contributed by atoms with Crippen LogP contribution in [0.1, 0.15) is 29.3 Å². The van der Waals surface area contributed by atoms with Crippen LogP contribution >= 0.6 is 0 Å². The quantitative estimate of drug-likeness (QED) is 0.598. The number of benzene rings is 1. The molecule has 0 aliphatic carbocycles. The molecule has 92 valence electrons. The summed E-state index contributed by atoms with van der Waals surface area (Å²) in [6, 6.07) is 4.05. The summed E-state index contributed by atoms with van der Waals surface area (Å²) >= 11 is 0. The molecule has 0 saturated heterocycles. The van der Waals surface area contributed by atoms with Crippen LogP contribution in [0.4, 0.5) is 4.39 Å². The number of rotatable bonds is 4. The van der Waals surface area contributed by atoms with Crippen molar-refractivity contribution in [1.82, 2.24) is 0 Å². The van der Waals surface area contributed by atoms with Crippen molar-refractivity contribution >= 4 is 11.8 Å². The first kappa shape index (κ1) is 13.4. The van der Waals surface area contributed by atoms with E-state index in [9.17, 15) is 14.0 Å². The maximum Gasteiger partial charge on any atom is 0.306 e. The molecule has 0 saturated carbocycles. The third kappa shape index (κ3) is 3.37. The number of carbonyl (C=O) groups is 2. The van der Waals surface area contributed by atoms with E-state index in [4.69, 9.17) is 0 Å². The van der Waals surface area contributed by atoms with Crippen LogP contribution in [-0.2, 0) is 9.53 Å². The molecule has 1 atom stereocenters. The van der Waals surface area contributed by atoms with Gasteiger partial charge in [0.25, 0.3) is 0 Å². The second kappa shape index (κ2) is 5.57. The molecule has 0 bridgehead atoms. The van der Waals surface area contributed by atoms with Gasteiger partial charge in [-0.15, -0.1) is 0 Å². The molecule has 1 aromatic carbocycles. The summed E-state index contributed by atoms with van der Waals surface area (Å²) in [5.41, 5.74) is 1.02. The first-order valence-electron chi connectivity index (χ1n) is 5.33. The Labute approximate surface area is 99.6 Å². The maximum atomic E-state index is 13.1. The Morgan fingerprint density at radius 2 is 2.06 bits per heavy atom. The number of ketones is 1. The molecule has 0 amide bonds. The first-order chi connectivity index (χ1) is 7.95. The molecule has 0 spiro atoms. The largest absolute Gasteiger partial charge is 0.469 e. The van der Waals surface area contributed by atoms with Crippen LogP contribution in [-0.4, -0.2) is 18.9 Å². The second-order valence-corrected chi connectivity index (χ2v) is 4.00. The summed E-state index contributed by atoms with van der Waals surface area (Å²) in [5.74, 6) is -1.65. The Bertz CT molecular complexity index is 440. The molecule has 0 aromatic heterocycles. The highest BCUT2D eigenvalue weighted by Crippen LogP contribution is 2.17. The van der Waals surface area contributed by atoms with Gasteiger partial charge in [-0.05, 0) is 24.6 Å². The lowest BCUT2D eigenvalue weighted by atomic mass is 9.93. The van der Waals surface area contributed by atoms with Crippen molar-refractivity contribution in [3.63, 3.8) is 0 Å². The van der Waals surface area contributed by atoms with Gasteiger partial charge >= 0.3 is 5.97 Å². The number of carbonyl (C=O) groups excluding carboxylic acids is 2. The summed E-state index contributed by atoms with van der Waals surface area (Å²) in [4.78, 5) is 23.1. The van der Waals surface area contributed by atoms with Crippen molar-refractivity contribution in [2.24, 2.45) is 5.92 Å². The summed E-state index contributed by atoms with van der Waals surface area (Å²) in [5, 5.41) is 0. The van der Waals surface area contributed by atoms with E-state index in [2.05, 4.69) is 4.74 Å². The molecule has 0 heterocycles. The van der Waals surface area contributed by atoms with Gasteiger partial charge in [0.1, 0.15) is 5.82 Å². The number of aryl methyl sites for hydroxylation is 1. The lowest BCUT2D eigenvalue weighted by Gasteiger charge is -2.11. The average molecular weight is 238 g/mol. The molecule has 1 unspecified atom stereocenters. The molecular weight excluding hydrogens is 223 g/mol. The molecule has 0 fully saturated rings. The number of esters is 1. The van der Waals surface area contributed by atoms with E-state index in [1.165, 1.54) is 19.2 Å². The smallest absolute Gasteiger partial charge is 0.306 e. The predicted molar refractivity (Wildman–Crippen MR) is 61.3 cm³/mol. The van der Waals surface area contributed by atoms with Gasteiger partial charge in [0.2, 0.25) is 0 Å². The number of ether oxygens (including phenoxy) is 1. The van der Waals surface area contributed by atoms with E-state index in [0.717, 1.165) is 0 Å². The van der Waals surface area contributed by atoms with Gasteiger partial charge < -0.3 is 4.74 Å². The van der Waals surface area contributed by atoms with Gasteiger partial charge in [0, 0.05) is 11.5 Å². The van der Waals surface area contributed by atoms with Crippen LogP contribution < -0.4 is 0 Å². The number of Topliss-reactive ketones (excluding diaryl/α,β-unsaturated/α-hetero) is 1. The minimum Gasteiger partial charge on any atom is -0.469 e. The number of hydrogen-bond donors (Lipinski definition) is 0. The molecule has 1 aromatic rings. The Kier molecular flexibility index (Phi) is 4.37. The standard InChI is InChI=1S/C13H15FO3/c1-8-4-5-10(14)7-11(8)13(16)9(2)6-12(15)17-3/h4-5,7,9H,6H2,1-3H3. The Balaban J connectivity index is 2.88. The Hall–Kier alpha value is -1.71.